The third-order valence-corrected chi connectivity index (χ3v) is 7.69. The van der Waals surface area contributed by atoms with Gasteiger partial charge in [0.15, 0.2) is 0 Å². The molecule has 1 amide bonds. The van der Waals surface area contributed by atoms with Gasteiger partial charge in [0.2, 0.25) is 0 Å². The van der Waals surface area contributed by atoms with Gasteiger partial charge in [0.05, 0.1) is 33.7 Å². The Morgan fingerprint density at radius 1 is 1.08 bits per heavy atom. The first-order valence-electron chi connectivity index (χ1n) is 12.8. The minimum absolute atomic E-state index is 0.232. The maximum absolute atomic E-state index is 12.6. The zero-order valence-electron chi connectivity index (χ0n) is 21.3. The van der Waals surface area contributed by atoms with E-state index in [4.69, 9.17) is 28.2 Å². The van der Waals surface area contributed by atoms with Gasteiger partial charge in [-0.1, -0.05) is 53.5 Å². The number of benzene rings is 1. The molecule has 5 rings (SSSR count). The van der Waals surface area contributed by atoms with Crippen LogP contribution in [0.2, 0.25) is 10.0 Å². The number of rotatable bonds is 9. The van der Waals surface area contributed by atoms with Crippen LogP contribution < -0.4 is 5.32 Å². The average Bonchev–Trinajstić information content (AvgIpc) is 3.34. The van der Waals surface area contributed by atoms with E-state index < -0.39 is 0 Å². The van der Waals surface area contributed by atoms with Crippen LogP contribution >= 0.6 is 23.2 Å². The molecule has 0 spiro atoms. The number of imidazole rings is 1. The van der Waals surface area contributed by atoms with Crippen molar-refractivity contribution in [1.82, 2.24) is 29.7 Å². The molecule has 0 radical (unpaired) electrons. The Morgan fingerprint density at radius 2 is 1.84 bits per heavy atom. The van der Waals surface area contributed by atoms with Crippen LogP contribution in [0.25, 0.3) is 0 Å². The average molecular weight is 550 g/mol. The Labute approximate surface area is 232 Å². The van der Waals surface area contributed by atoms with Gasteiger partial charge in [-0.05, 0) is 42.0 Å². The molecule has 0 aliphatic heterocycles. The van der Waals surface area contributed by atoms with Gasteiger partial charge in [-0.3, -0.25) is 19.7 Å². The number of amides is 1. The molecule has 0 saturated carbocycles. The summed E-state index contributed by atoms with van der Waals surface area (Å²) in [5.41, 5.74) is 6.23. The van der Waals surface area contributed by atoms with Gasteiger partial charge in [0.1, 0.15) is 0 Å². The van der Waals surface area contributed by atoms with Gasteiger partial charge in [0.25, 0.3) is 5.91 Å². The normalized spacial score (nSPS) is 14.9. The number of halogens is 2. The third-order valence-electron chi connectivity index (χ3n) is 7.12. The van der Waals surface area contributed by atoms with Gasteiger partial charge in [-0.25, -0.2) is 4.98 Å². The minimum atomic E-state index is -0.323. The molecular formula is C29H30Cl2N6O. The number of carbonyl (C=O) groups excluding carboxylic acids is 1. The standard InChI is InChI=1S/C29H30Cl2N6O/c1-36-19-33-15-23(36)11-13-37(26-6-2-4-22-5-3-12-34-28(22)26)18-21-9-7-20(8-10-21)14-35-29(38)27-24(30)16-32-17-25(27)31/h3,5,7-10,12,15-17,19,26H,2,4,6,11,13-14,18H2,1H3,(H,35,38). The molecule has 38 heavy (non-hydrogen) atoms. The predicted octanol–water partition coefficient (Wildman–Crippen LogP) is 5.57. The molecule has 1 unspecified atom stereocenters. The summed E-state index contributed by atoms with van der Waals surface area (Å²) >= 11 is 12.2. The highest BCUT2D eigenvalue weighted by molar-refractivity contribution is 6.39. The molecule has 1 aliphatic rings. The summed E-state index contributed by atoms with van der Waals surface area (Å²) in [6, 6.07) is 12.9. The number of pyridine rings is 2. The lowest BCUT2D eigenvalue weighted by Crippen LogP contribution is -2.33. The molecule has 196 valence electrons. The second-order valence-corrected chi connectivity index (χ2v) is 10.5. The predicted molar refractivity (Wildman–Crippen MR) is 149 cm³/mol. The van der Waals surface area contributed by atoms with Crippen molar-refractivity contribution in [2.24, 2.45) is 7.05 Å². The number of aromatic nitrogens is 4. The summed E-state index contributed by atoms with van der Waals surface area (Å²) < 4.78 is 2.08. The summed E-state index contributed by atoms with van der Waals surface area (Å²) in [6.07, 6.45) is 12.8. The van der Waals surface area contributed by atoms with Gasteiger partial charge in [0, 0.05) is 63.6 Å². The van der Waals surface area contributed by atoms with E-state index in [1.54, 1.807) is 0 Å². The van der Waals surface area contributed by atoms with E-state index in [-0.39, 0.29) is 27.6 Å². The number of nitrogens with zero attached hydrogens (tertiary/aromatic N) is 5. The van der Waals surface area contributed by atoms with E-state index in [1.807, 2.05) is 31.8 Å². The van der Waals surface area contributed by atoms with Crippen molar-refractivity contribution >= 4 is 29.1 Å². The Balaban J connectivity index is 1.28. The number of fused-ring (bicyclic) bond motifs is 1. The number of hydrogen-bond acceptors (Lipinski definition) is 5. The van der Waals surface area contributed by atoms with E-state index in [9.17, 15) is 4.79 Å². The topological polar surface area (TPSA) is 75.9 Å². The van der Waals surface area contributed by atoms with Crippen LogP contribution in [-0.4, -0.2) is 36.9 Å². The molecule has 1 N–H and O–H groups in total. The molecule has 0 fully saturated rings. The fraction of sp³-hybridized carbons (Fsp3) is 0.310. The van der Waals surface area contributed by atoms with Crippen LogP contribution in [-0.2, 0) is 33.0 Å². The van der Waals surface area contributed by atoms with Crippen LogP contribution in [0.3, 0.4) is 0 Å². The first-order chi connectivity index (χ1) is 18.5. The third kappa shape index (κ3) is 6.07. The van der Waals surface area contributed by atoms with E-state index in [2.05, 4.69) is 55.1 Å². The molecular weight excluding hydrogens is 519 g/mol. The van der Waals surface area contributed by atoms with Crippen molar-refractivity contribution in [3.05, 3.63) is 111 Å². The van der Waals surface area contributed by atoms with Crippen LogP contribution in [0.1, 0.15) is 57.3 Å². The lowest BCUT2D eigenvalue weighted by atomic mass is 9.90. The monoisotopic (exact) mass is 548 g/mol. The fourth-order valence-corrected chi connectivity index (χ4v) is 5.60. The van der Waals surface area contributed by atoms with Crippen molar-refractivity contribution in [2.75, 3.05) is 6.54 Å². The van der Waals surface area contributed by atoms with Crippen LogP contribution in [0.5, 0.6) is 0 Å². The highest BCUT2D eigenvalue weighted by atomic mass is 35.5. The van der Waals surface area contributed by atoms with Crippen molar-refractivity contribution in [3.63, 3.8) is 0 Å². The van der Waals surface area contributed by atoms with E-state index >= 15 is 0 Å². The first kappa shape index (κ1) is 26.4. The summed E-state index contributed by atoms with van der Waals surface area (Å²) in [5, 5.41) is 3.36. The molecule has 4 aromatic rings. The molecule has 1 atom stereocenters. The number of carbonyl (C=O) groups is 1. The smallest absolute Gasteiger partial charge is 0.254 e. The highest BCUT2D eigenvalue weighted by Crippen LogP contribution is 2.34. The highest BCUT2D eigenvalue weighted by Gasteiger charge is 2.27. The largest absolute Gasteiger partial charge is 0.348 e. The molecule has 3 heterocycles. The van der Waals surface area contributed by atoms with Crippen LogP contribution in [0.15, 0.2) is 67.5 Å². The number of hydrogen-bond donors (Lipinski definition) is 1. The summed E-state index contributed by atoms with van der Waals surface area (Å²) in [4.78, 5) is 28.1. The molecule has 1 aliphatic carbocycles. The maximum Gasteiger partial charge on any atom is 0.254 e. The quantitative estimate of drug-likeness (QED) is 0.296. The Bertz CT molecular complexity index is 1380. The van der Waals surface area contributed by atoms with Crippen molar-refractivity contribution in [2.45, 2.75) is 44.8 Å². The SMILES string of the molecule is Cn1cncc1CCN(Cc1ccc(CNC(=O)c2c(Cl)cncc2Cl)cc1)C1CCCc2cccnc21. The summed E-state index contributed by atoms with van der Waals surface area (Å²) in [6.45, 7) is 2.09. The summed E-state index contributed by atoms with van der Waals surface area (Å²) in [5.74, 6) is -0.323. The zero-order chi connectivity index (χ0) is 26.5. The minimum Gasteiger partial charge on any atom is -0.348 e. The molecule has 3 aromatic heterocycles. The van der Waals surface area contributed by atoms with Crippen molar-refractivity contribution in [3.8, 4) is 0 Å². The van der Waals surface area contributed by atoms with E-state index in [1.165, 1.54) is 34.9 Å². The fourth-order valence-electron chi connectivity index (χ4n) is 5.07. The maximum atomic E-state index is 12.6. The Kier molecular flexibility index (Phi) is 8.37. The lowest BCUT2D eigenvalue weighted by molar-refractivity contribution is 0.0951. The summed E-state index contributed by atoms with van der Waals surface area (Å²) in [7, 11) is 2.04. The van der Waals surface area contributed by atoms with Crippen LogP contribution in [0, 0.1) is 0 Å². The lowest BCUT2D eigenvalue weighted by Gasteiger charge is -2.35. The van der Waals surface area contributed by atoms with Crippen LogP contribution in [0.4, 0.5) is 0 Å². The van der Waals surface area contributed by atoms with Gasteiger partial charge >= 0.3 is 0 Å². The molecule has 0 bridgehead atoms. The second-order valence-electron chi connectivity index (χ2n) is 9.65. The zero-order valence-corrected chi connectivity index (χ0v) is 22.8. The van der Waals surface area contributed by atoms with Crippen molar-refractivity contribution in [1.29, 1.82) is 0 Å². The van der Waals surface area contributed by atoms with Gasteiger partial charge < -0.3 is 9.88 Å². The second kappa shape index (κ2) is 12.1. The van der Waals surface area contributed by atoms with Gasteiger partial charge in [-0.15, -0.1) is 0 Å². The Morgan fingerprint density at radius 3 is 2.58 bits per heavy atom. The Hall–Kier alpha value is -3.26. The van der Waals surface area contributed by atoms with E-state index in [0.29, 0.717) is 6.54 Å². The molecule has 9 heteroatoms. The molecule has 1 aromatic carbocycles. The van der Waals surface area contributed by atoms with E-state index in [0.717, 1.165) is 44.3 Å². The first-order valence-corrected chi connectivity index (χ1v) is 13.5. The molecule has 7 nitrogen and oxygen atoms in total. The van der Waals surface area contributed by atoms with Crippen molar-refractivity contribution < 1.29 is 4.79 Å². The molecule has 0 saturated heterocycles. The number of aryl methyl sites for hydroxylation is 2. The van der Waals surface area contributed by atoms with Gasteiger partial charge in [-0.2, -0.15) is 0 Å². The number of nitrogens with one attached hydrogen (secondary N) is 1.